The number of rotatable bonds is 1. The molecule has 0 aliphatic heterocycles. The summed E-state index contributed by atoms with van der Waals surface area (Å²) < 4.78 is 0. The van der Waals surface area contributed by atoms with Crippen LogP contribution in [0.4, 0.5) is 0 Å². The average molecular weight is 232 g/mol. The van der Waals surface area contributed by atoms with Gasteiger partial charge in [-0.2, -0.15) is 0 Å². The standard InChI is InChI=1S/C14H14ClN/c1-9-10(2)16-11(3)13-6-4-5-12(7-8-15)14(9)13/h4-8H,1-3H3/b8-7+. The Hall–Kier alpha value is -1.34. The van der Waals surface area contributed by atoms with Crippen LogP contribution in [0.5, 0.6) is 0 Å². The van der Waals surface area contributed by atoms with Crippen molar-refractivity contribution in [1.29, 1.82) is 0 Å². The molecule has 2 rings (SSSR count). The minimum atomic E-state index is 1.07. The Morgan fingerprint density at radius 3 is 2.56 bits per heavy atom. The Kier molecular flexibility index (Phi) is 2.97. The smallest absolute Gasteiger partial charge is 0.0454 e. The molecule has 0 radical (unpaired) electrons. The molecule has 0 fully saturated rings. The summed E-state index contributed by atoms with van der Waals surface area (Å²) in [6.07, 6.45) is 1.93. The third-order valence-corrected chi connectivity index (χ3v) is 3.11. The fraction of sp³-hybridized carbons (Fsp3) is 0.214. The van der Waals surface area contributed by atoms with Crippen LogP contribution in [0.3, 0.4) is 0 Å². The quantitative estimate of drug-likeness (QED) is 0.710. The molecule has 0 saturated carbocycles. The summed E-state index contributed by atoms with van der Waals surface area (Å²) >= 11 is 5.67. The molecule has 0 unspecified atom stereocenters. The molecule has 0 atom stereocenters. The van der Waals surface area contributed by atoms with E-state index in [1.165, 1.54) is 16.3 Å². The van der Waals surface area contributed by atoms with Crippen molar-refractivity contribution in [2.75, 3.05) is 0 Å². The van der Waals surface area contributed by atoms with Crippen molar-refractivity contribution in [2.24, 2.45) is 0 Å². The van der Waals surface area contributed by atoms with Gasteiger partial charge in [0.1, 0.15) is 0 Å². The Morgan fingerprint density at radius 1 is 1.12 bits per heavy atom. The molecule has 0 bridgehead atoms. The Morgan fingerprint density at radius 2 is 1.88 bits per heavy atom. The van der Waals surface area contributed by atoms with Gasteiger partial charge in [0.2, 0.25) is 0 Å². The van der Waals surface area contributed by atoms with Gasteiger partial charge in [-0.15, -0.1) is 0 Å². The molecule has 0 aliphatic carbocycles. The summed E-state index contributed by atoms with van der Waals surface area (Å²) in [4.78, 5) is 4.55. The SMILES string of the molecule is Cc1nc(C)c2cccc(/C=C/Cl)c2c1C. The Balaban J connectivity index is 2.95. The van der Waals surface area contributed by atoms with Gasteiger partial charge in [0, 0.05) is 22.3 Å². The molecule has 16 heavy (non-hydrogen) atoms. The summed E-state index contributed by atoms with van der Waals surface area (Å²) in [6, 6.07) is 6.22. The second kappa shape index (κ2) is 4.26. The fourth-order valence-electron chi connectivity index (χ4n) is 2.07. The molecule has 82 valence electrons. The van der Waals surface area contributed by atoms with E-state index in [0.29, 0.717) is 0 Å². The van der Waals surface area contributed by atoms with Crippen LogP contribution in [-0.2, 0) is 0 Å². The highest BCUT2D eigenvalue weighted by Crippen LogP contribution is 2.27. The van der Waals surface area contributed by atoms with Crippen molar-refractivity contribution in [2.45, 2.75) is 20.8 Å². The van der Waals surface area contributed by atoms with E-state index < -0.39 is 0 Å². The molecule has 0 N–H and O–H groups in total. The normalized spacial score (nSPS) is 11.5. The van der Waals surface area contributed by atoms with E-state index in [2.05, 4.69) is 24.0 Å². The van der Waals surface area contributed by atoms with Gasteiger partial charge in [-0.3, -0.25) is 4.98 Å². The number of benzene rings is 1. The summed E-state index contributed by atoms with van der Waals surface area (Å²) in [5.41, 5.74) is 6.09. The first-order valence-electron chi connectivity index (χ1n) is 5.28. The fourth-order valence-corrected chi connectivity index (χ4v) is 2.21. The van der Waals surface area contributed by atoms with Crippen LogP contribution in [0, 0.1) is 20.8 Å². The third kappa shape index (κ3) is 1.72. The maximum absolute atomic E-state index is 5.67. The number of halogens is 1. The van der Waals surface area contributed by atoms with Crippen molar-refractivity contribution >= 4 is 28.4 Å². The highest BCUT2D eigenvalue weighted by molar-refractivity contribution is 6.27. The molecular formula is C14H14ClN. The number of hydrogen-bond acceptors (Lipinski definition) is 1. The van der Waals surface area contributed by atoms with Crippen molar-refractivity contribution < 1.29 is 0 Å². The summed E-state index contributed by atoms with van der Waals surface area (Å²) in [5, 5.41) is 2.46. The lowest BCUT2D eigenvalue weighted by Crippen LogP contribution is -1.94. The second-order valence-corrected chi connectivity index (χ2v) is 4.22. The third-order valence-electron chi connectivity index (χ3n) is 2.98. The molecule has 0 spiro atoms. The predicted molar refractivity (Wildman–Crippen MR) is 70.8 cm³/mol. The molecular weight excluding hydrogens is 218 g/mol. The van der Waals surface area contributed by atoms with Gasteiger partial charge in [0.05, 0.1) is 0 Å². The molecule has 2 heteroatoms. The second-order valence-electron chi connectivity index (χ2n) is 3.97. The van der Waals surface area contributed by atoms with E-state index in [1.54, 1.807) is 5.54 Å². The summed E-state index contributed by atoms with van der Waals surface area (Å²) in [7, 11) is 0. The molecule has 1 aromatic heterocycles. The highest BCUT2D eigenvalue weighted by atomic mass is 35.5. The molecule has 0 saturated heterocycles. The lowest BCUT2D eigenvalue weighted by molar-refractivity contribution is 1.12. The predicted octanol–water partition coefficient (Wildman–Crippen LogP) is 4.37. The van der Waals surface area contributed by atoms with E-state index in [9.17, 15) is 0 Å². The monoisotopic (exact) mass is 231 g/mol. The average Bonchev–Trinajstić information content (AvgIpc) is 2.26. The molecule has 2 aromatic rings. The van der Waals surface area contributed by atoms with Crippen LogP contribution in [0.25, 0.3) is 16.8 Å². The Labute approximate surface area is 101 Å². The first-order chi connectivity index (χ1) is 7.65. The zero-order chi connectivity index (χ0) is 11.7. The van der Waals surface area contributed by atoms with Gasteiger partial charge in [0.25, 0.3) is 0 Å². The number of aryl methyl sites for hydroxylation is 3. The number of nitrogens with zero attached hydrogens (tertiary/aromatic N) is 1. The molecule has 0 amide bonds. The lowest BCUT2D eigenvalue weighted by Gasteiger charge is -2.10. The van der Waals surface area contributed by atoms with Gasteiger partial charge in [-0.1, -0.05) is 29.8 Å². The maximum Gasteiger partial charge on any atom is 0.0454 e. The zero-order valence-electron chi connectivity index (χ0n) is 9.71. The molecule has 1 nitrogen and oxygen atoms in total. The van der Waals surface area contributed by atoms with Crippen molar-refractivity contribution in [1.82, 2.24) is 4.98 Å². The number of fused-ring (bicyclic) bond motifs is 1. The minimum absolute atomic E-state index is 1.07. The van der Waals surface area contributed by atoms with Gasteiger partial charge in [-0.25, -0.2) is 0 Å². The molecule has 1 heterocycles. The van der Waals surface area contributed by atoms with Crippen molar-refractivity contribution in [3.8, 4) is 0 Å². The van der Waals surface area contributed by atoms with E-state index in [4.69, 9.17) is 11.6 Å². The first kappa shape index (κ1) is 11.2. The minimum Gasteiger partial charge on any atom is -0.258 e. The topological polar surface area (TPSA) is 12.9 Å². The maximum atomic E-state index is 5.67. The van der Waals surface area contributed by atoms with E-state index in [-0.39, 0.29) is 0 Å². The van der Waals surface area contributed by atoms with Crippen LogP contribution >= 0.6 is 11.6 Å². The lowest BCUT2D eigenvalue weighted by atomic mass is 9.98. The molecule has 0 aliphatic rings. The number of pyridine rings is 1. The first-order valence-corrected chi connectivity index (χ1v) is 5.72. The van der Waals surface area contributed by atoms with Crippen molar-refractivity contribution in [3.05, 3.63) is 46.2 Å². The van der Waals surface area contributed by atoms with Crippen LogP contribution in [-0.4, -0.2) is 4.98 Å². The van der Waals surface area contributed by atoms with Crippen LogP contribution < -0.4 is 0 Å². The van der Waals surface area contributed by atoms with Crippen molar-refractivity contribution in [3.63, 3.8) is 0 Å². The Bertz CT molecular complexity index is 570. The van der Waals surface area contributed by atoms with E-state index in [0.717, 1.165) is 17.0 Å². The summed E-state index contributed by atoms with van der Waals surface area (Å²) in [5.74, 6) is 0. The molecule has 1 aromatic carbocycles. The van der Waals surface area contributed by atoms with E-state index in [1.807, 2.05) is 26.0 Å². The highest BCUT2D eigenvalue weighted by Gasteiger charge is 2.07. The largest absolute Gasteiger partial charge is 0.258 e. The van der Waals surface area contributed by atoms with Crippen LogP contribution in [0.2, 0.25) is 0 Å². The number of hydrogen-bond donors (Lipinski definition) is 0. The number of aromatic nitrogens is 1. The van der Waals surface area contributed by atoms with Gasteiger partial charge >= 0.3 is 0 Å². The van der Waals surface area contributed by atoms with Gasteiger partial charge < -0.3 is 0 Å². The van der Waals surface area contributed by atoms with E-state index >= 15 is 0 Å². The summed E-state index contributed by atoms with van der Waals surface area (Å²) in [6.45, 7) is 6.20. The van der Waals surface area contributed by atoms with Gasteiger partial charge in [-0.05, 0) is 43.4 Å². The van der Waals surface area contributed by atoms with Gasteiger partial charge in [0.15, 0.2) is 0 Å². The zero-order valence-corrected chi connectivity index (χ0v) is 10.5. The van der Waals surface area contributed by atoms with Crippen LogP contribution in [0.1, 0.15) is 22.5 Å². The van der Waals surface area contributed by atoms with Crippen LogP contribution in [0.15, 0.2) is 23.7 Å².